The number of rotatable bonds is 7. The van der Waals surface area contributed by atoms with Crippen LogP contribution in [0.3, 0.4) is 0 Å². The topological polar surface area (TPSA) is 53.6 Å². The molecular formula is C23H31N3O2. The van der Waals surface area contributed by atoms with Gasteiger partial charge in [0.1, 0.15) is 5.75 Å². The molecule has 1 heterocycles. The van der Waals surface area contributed by atoms with Gasteiger partial charge in [0, 0.05) is 25.7 Å². The van der Waals surface area contributed by atoms with Crippen molar-refractivity contribution in [1.82, 2.24) is 15.5 Å². The second kappa shape index (κ2) is 10.1. The van der Waals surface area contributed by atoms with Crippen LogP contribution in [0, 0.1) is 0 Å². The number of ether oxygens (including phenoxy) is 1. The molecule has 0 aliphatic carbocycles. The molecule has 1 unspecified atom stereocenters. The number of piperidine rings is 1. The lowest BCUT2D eigenvalue weighted by Crippen LogP contribution is -2.48. The van der Waals surface area contributed by atoms with Crippen LogP contribution in [0.15, 0.2) is 54.6 Å². The van der Waals surface area contributed by atoms with Crippen LogP contribution in [-0.2, 0) is 6.54 Å². The van der Waals surface area contributed by atoms with Gasteiger partial charge >= 0.3 is 6.03 Å². The normalized spacial score (nSPS) is 16.4. The molecule has 0 spiro atoms. The van der Waals surface area contributed by atoms with Gasteiger partial charge in [-0.3, -0.25) is 4.90 Å². The Morgan fingerprint density at radius 1 is 1.14 bits per heavy atom. The van der Waals surface area contributed by atoms with Crippen LogP contribution in [0.1, 0.15) is 43.9 Å². The lowest BCUT2D eigenvalue weighted by Gasteiger charge is -2.32. The fraction of sp³-hybridized carbons (Fsp3) is 0.435. The van der Waals surface area contributed by atoms with E-state index in [1.165, 1.54) is 5.56 Å². The zero-order chi connectivity index (χ0) is 19.8. The number of benzene rings is 2. The maximum absolute atomic E-state index is 12.4. The van der Waals surface area contributed by atoms with Gasteiger partial charge in [0.15, 0.2) is 0 Å². The number of hydrogen-bond donors (Lipinski definition) is 2. The number of nitrogens with zero attached hydrogens (tertiary/aromatic N) is 1. The number of nitrogens with one attached hydrogen (secondary N) is 2. The third-order valence-corrected chi connectivity index (χ3v) is 5.19. The lowest BCUT2D eigenvalue weighted by molar-refractivity contribution is 0.186. The smallest absolute Gasteiger partial charge is 0.315 e. The molecule has 0 aromatic heterocycles. The highest BCUT2D eigenvalue weighted by Gasteiger charge is 2.21. The summed E-state index contributed by atoms with van der Waals surface area (Å²) in [6.07, 6.45) is 1.96. The maximum atomic E-state index is 12.4. The average Bonchev–Trinajstić information content (AvgIpc) is 2.71. The molecule has 28 heavy (non-hydrogen) atoms. The molecule has 3 rings (SSSR count). The van der Waals surface area contributed by atoms with Crippen LogP contribution in [0.4, 0.5) is 4.79 Å². The molecule has 1 aliphatic heterocycles. The first-order valence-corrected chi connectivity index (χ1v) is 10.2. The summed E-state index contributed by atoms with van der Waals surface area (Å²) in [7, 11) is 0. The van der Waals surface area contributed by atoms with Crippen LogP contribution < -0.4 is 15.4 Å². The first kappa shape index (κ1) is 20.2. The van der Waals surface area contributed by atoms with Crippen LogP contribution in [-0.4, -0.2) is 36.7 Å². The number of carbonyl (C=O) groups is 1. The van der Waals surface area contributed by atoms with E-state index in [1.54, 1.807) is 0 Å². The minimum atomic E-state index is -0.101. The minimum Gasteiger partial charge on any atom is -0.494 e. The summed E-state index contributed by atoms with van der Waals surface area (Å²) in [5.74, 6) is 0.833. The summed E-state index contributed by atoms with van der Waals surface area (Å²) < 4.78 is 5.54. The molecule has 2 N–H and O–H groups in total. The van der Waals surface area contributed by atoms with Crippen LogP contribution in [0.25, 0.3) is 0 Å². The number of carbonyl (C=O) groups excluding carboxylic acids is 1. The third-order valence-electron chi connectivity index (χ3n) is 5.19. The van der Waals surface area contributed by atoms with Gasteiger partial charge in [0.2, 0.25) is 0 Å². The highest BCUT2D eigenvalue weighted by molar-refractivity contribution is 5.74. The standard InChI is InChI=1S/C23H31N3O2/c1-3-28-22-11-7-10-20(16-22)18(2)24-23(27)25-21-12-14-26(15-13-21)17-19-8-5-4-6-9-19/h4-11,16,18,21H,3,12-15,17H2,1-2H3,(H2,24,25,27). The second-order valence-corrected chi connectivity index (χ2v) is 7.38. The second-order valence-electron chi connectivity index (χ2n) is 7.38. The summed E-state index contributed by atoms with van der Waals surface area (Å²) in [6.45, 7) is 7.58. The molecule has 5 heteroatoms. The quantitative estimate of drug-likeness (QED) is 0.759. The van der Waals surface area contributed by atoms with Gasteiger partial charge in [0.05, 0.1) is 12.6 Å². The Balaban J connectivity index is 1.42. The van der Waals surface area contributed by atoms with Crippen molar-refractivity contribution in [1.29, 1.82) is 0 Å². The molecule has 0 radical (unpaired) electrons. The molecule has 2 aromatic rings. The number of likely N-dealkylation sites (tertiary alicyclic amines) is 1. The summed E-state index contributed by atoms with van der Waals surface area (Å²) in [4.78, 5) is 14.9. The molecule has 5 nitrogen and oxygen atoms in total. The first-order chi connectivity index (χ1) is 13.6. The molecule has 1 fully saturated rings. The molecule has 1 saturated heterocycles. The van der Waals surface area contributed by atoms with E-state index < -0.39 is 0 Å². The molecule has 2 amide bonds. The SMILES string of the molecule is CCOc1cccc(C(C)NC(=O)NC2CCN(Cc3ccccc3)CC2)c1. The van der Waals surface area contributed by atoms with Crippen molar-refractivity contribution in [2.45, 2.75) is 45.3 Å². The Morgan fingerprint density at radius 2 is 1.89 bits per heavy atom. The highest BCUT2D eigenvalue weighted by atomic mass is 16.5. The van der Waals surface area contributed by atoms with Gasteiger partial charge in [-0.15, -0.1) is 0 Å². The molecular weight excluding hydrogens is 350 g/mol. The Kier molecular flexibility index (Phi) is 7.31. The third kappa shape index (κ3) is 5.99. The highest BCUT2D eigenvalue weighted by Crippen LogP contribution is 2.19. The summed E-state index contributed by atoms with van der Waals surface area (Å²) in [6, 6.07) is 18.5. The van der Waals surface area contributed by atoms with Crippen molar-refractivity contribution >= 4 is 6.03 Å². The lowest BCUT2D eigenvalue weighted by atomic mass is 10.0. The molecule has 0 bridgehead atoms. The zero-order valence-electron chi connectivity index (χ0n) is 16.9. The van der Waals surface area contributed by atoms with Gasteiger partial charge in [-0.05, 0) is 49.9 Å². The van der Waals surface area contributed by atoms with Crippen LogP contribution >= 0.6 is 0 Å². The summed E-state index contributed by atoms with van der Waals surface area (Å²) in [5, 5.41) is 6.18. The van der Waals surface area contributed by atoms with E-state index in [0.717, 1.165) is 43.8 Å². The Morgan fingerprint density at radius 3 is 2.61 bits per heavy atom. The molecule has 2 aromatic carbocycles. The van der Waals surface area contributed by atoms with E-state index in [0.29, 0.717) is 6.61 Å². The first-order valence-electron chi connectivity index (χ1n) is 10.2. The van der Waals surface area contributed by atoms with Gasteiger partial charge in [-0.25, -0.2) is 4.79 Å². The van der Waals surface area contributed by atoms with Gasteiger partial charge in [-0.2, -0.15) is 0 Å². The Hall–Kier alpha value is -2.53. The van der Waals surface area contributed by atoms with E-state index in [2.05, 4.69) is 39.8 Å². The van der Waals surface area contributed by atoms with Crippen LogP contribution in [0.5, 0.6) is 5.75 Å². The summed E-state index contributed by atoms with van der Waals surface area (Å²) in [5.41, 5.74) is 2.38. The van der Waals surface area contributed by atoms with Crippen molar-refractivity contribution in [3.05, 3.63) is 65.7 Å². The number of urea groups is 1. The number of amides is 2. The van der Waals surface area contributed by atoms with Gasteiger partial charge in [0.25, 0.3) is 0 Å². The summed E-state index contributed by atoms with van der Waals surface area (Å²) >= 11 is 0. The maximum Gasteiger partial charge on any atom is 0.315 e. The average molecular weight is 382 g/mol. The van der Waals surface area contributed by atoms with Crippen LogP contribution in [0.2, 0.25) is 0 Å². The Labute approximate surface area is 168 Å². The van der Waals surface area contributed by atoms with E-state index in [1.807, 2.05) is 44.2 Å². The largest absolute Gasteiger partial charge is 0.494 e. The van der Waals surface area contributed by atoms with E-state index in [9.17, 15) is 4.79 Å². The monoisotopic (exact) mass is 381 g/mol. The minimum absolute atomic E-state index is 0.0708. The zero-order valence-corrected chi connectivity index (χ0v) is 16.9. The van der Waals surface area contributed by atoms with Gasteiger partial charge < -0.3 is 15.4 Å². The molecule has 1 aliphatic rings. The van der Waals surface area contributed by atoms with Crippen molar-refractivity contribution in [2.75, 3.05) is 19.7 Å². The van der Waals surface area contributed by atoms with Crippen molar-refractivity contribution < 1.29 is 9.53 Å². The van der Waals surface area contributed by atoms with E-state index >= 15 is 0 Å². The number of hydrogen-bond acceptors (Lipinski definition) is 3. The predicted octanol–water partition coefficient (Wildman–Crippen LogP) is 4.11. The van der Waals surface area contributed by atoms with Gasteiger partial charge in [-0.1, -0.05) is 42.5 Å². The molecule has 0 saturated carbocycles. The predicted molar refractivity (Wildman–Crippen MR) is 112 cm³/mol. The molecule has 1 atom stereocenters. The van der Waals surface area contributed by atoms with Crippen molar-refractivity contribution in [3.63, 3.8) is 0 Å². The van der Waals surface area contributed by atoms with Crippen molar-refractivity contribution in [2.24, 2.45) is 0 Å². The van der Waals surface area contributed by atoms with E-state index in [4.69, 9.17) is 4.74 Å². The van der Waals surface area contributed by atoms with E-state index in [-0.39, 0.29) is 18.1 Å². The molecule has 150 valence electrons. The Bertz CT molecular complexity index is 743. The fourth-order valence-electron chi connectivity index (χ4n) is 3.62. The van der Waals surface area contributed by atoms with Crippen molar-refractivity contribution in [3.8, 4) is 5.75 Å². The fourth-order valence-corrected chi connectivity index (χ4v) is 3.62.